The first-order valence-electron chi connectivity index (χ1n) is 7.03. The lowest BCUT2D eigenvalue weighted by Gasteiger charge is -2.02. The van der Waals surface area contributed by atoms with Gasteiger partial charge < -0.3 is 21.4 Å². The van der Waals surface area contributed by atoms with Gasteiger partial charge in [0.15, 0.2) is 0 Å². The molecule has 7 N–H and O–H groups in total. The molecular formula is C13H20ClN9O2. The monoisotopic (exact) mass is 369 g/mol. The number of nitrogen functional groups attached to an aromatic ring is 1. The maximum absolute atomic E-state index is 12.2. The van der Waals surface area contributed by atoms with E-state index in [0.717, 1.165) is 0 Å². The standard InChI is InChI=1S/C13H19N9O2.ClH/c1-21-6-7(14)5-8(21)11(23)19-13-18-10(22(2)20-13)12(24)17-4-3-9(15)16;/h5-6H,3-4,14H2,1-2H3,(H3,15,16)(H,17,24)(H,19,20,23);1H. The molecule has 0 aliphatic rings. The van der Waals surface area contributed by atoms with Crippen LogP contribution in [0.2, 0.25) is 0 Å². The molecule has 2 aromatic heterocycles. The molecule has 2 amide bonds. The fourth-order valence-electron chi connectivity index (χ4n) is 2.01. The highest BCUT2D eigenvalue weighted by molar-refractivity contribution is 6.03. The zero-order valence-corrected chi connectivity index (χ0v) is 14.6. The number of hydrogen-bond donors (Lipinski definition) is 5. The zero-order chi connectivity index (χ0) is 17.9. The zero-order valence-electron chi connectivity index (χ0n) is 13.7. The Morgan fingerprint density at radius 3 is 2.56 bits per heavy atom. The Bertz CT molecular complexity index is 796. The number of nitrogens with one attached hydrogen (secondary N) is 3. The summed E-state index contributed by atoms with van der Waals surface area (Å²) in [6.07, 6.45) is 1.84. The van der Waals surface area contributed by atoms with Crippen LogP contribution in [-0.2, 0) is 14.1 Å². The molecular weight excluding hydrogens is 350 g/mol. The van der Waals surface area contributed by atoms with Crippen molar-refractivity contribution in [2.24, 2.45) is 19.8 Å². The van der Waals surface area contributed by atoms with E-state index in [4.69, 9.17) is 16.9 Å². The van der Waals surface area contributed by atoms with E-state index in [2.05, 4.69) is 20.7 Å². The van der Waals surface area contributed by atoms with Crippen molar-refractivity contribution < 1.29 is 9.59 Å². The summed E-state index contributed by atoms with van der Waals surface area (Å²) in [5.41, 5.74) is 11.6. The fraction of sp³-hybridized carbons (Fsp3) is 0.308. The van der Waals surface area contributed by atoms with Crippen LogP contribution in [0.25, 0.3) is 0 Å². The fourth-order valence-corrected chi connectivity index (χ4v) is 2.01. The number of halogens is 1. The Morgan fingerprint density at radius 2 is 2.00 bits per heavy atom. The van der Waals surface area contributed by atoms with Crippen molar-refractivity contribution in [2.45, 2.75) is 6.42 Å². The van der Waals surface area contributed by atoms with Crippen molar-refractivity contribution in [2.75, 3.05) is 17.6 Å². The summed E-state index contributed by atoms with van der Waals surface area (Å²) in [7, 11) is 3.22. The second-order valence-electron chi connectivity index (χ2n) is 5.14. The van der Waals surface area contributed by atoms with Gasteiger partial charge in [-0.25, -0.2) is 4.68 Å². The molecule has 0 unspecified atom stereocenters. The van der Waals surface area contributed by atoms with Crippen LogP contribution in [-0.4, -0.2) is 43.5 Å². The van der Waals surface area contributed by atoms with Gasteiger partial charge in [0.25, 0.3) is 11.8 Å². The molecule has 0 aromatic carbocycles. The Morgan fingerprint density at radius 1 is 1.32 bits per heavy atom. The van der Waals surface area contributed by atoms with Crippen LogP contribution < -0.4 is 22.1 Å². The number of anilines is 2. The van der Waals surface area contributed by atoms with Gasteiger partial charge in [-0.3, -0.25) is 20.3 Å². The van der Waals surface area contributed by atoms with Gasteiger partial charge in [-0.2, -0.15) is 4.98 Å². The van der Waals surface area contributed by atoms with Crippen molar-refractivity contribution >= 4 is 41.7 Å². The molecule has 0 atom stereocenters. The second-order valence-corrected chi connectivity index (χ2v) is 5.14. The summed E-state index contributed by atoms with van der Waals surface area (Å²) >= 11 is 0. The Kier molecular flexibility index (Phi) is 6.51. The molecule has 2 aromatic rings. The van der Waals surface area contributed by atoms with Crippen LogP contribution in [0.15, 0.2) is 12.3 Å². The van der Waals surface area contributed by atoms with Gasteiger partial charge in [-0.1, -0.05) is 0 Å². The minimum Gasteiger partial charge on any atom is -0.397 e. The average molecular weight is 370 g/mol. The summed E-state index contributed by atoms with van der Waals surface area (Å²) in [5, 5.41) is 16.2. The molecule has 11 nitrogen and oxygen atoms in total. The van der Waals surface area contributed by atoms with Gasteiger partial charge >= 0.3 is 0 Å². The SMILES string of the molecule is Cl.Cn1cc(N)cc1C(=O)Nc1nc(C(=O)NCCC(=N)N)n(C)n1. The van der Waals surface area contributed by atoms with Gasteiger partial charge in [0.1, 0.15) is 5.69 Å². The van der Waals surface area contributed by atoms with Crippen molar-refractivity contribution in [3.05, 3.63) is 23.8 Å². The van der Waals surface area contributed by atoms with E-state index in [0.29, 0.717) is 11.4 Å². The summed E-state index contributed by atoms with van der Waals surface area (Å²) in [4.78, 5) is 28.2. The van der Waals surface area contributed by atoms with E-state index in [1.165, 1.54) is 17.8 Å². The molecule has 25 heavy (non-hydrogen) atoms. The van der Waals surface area contributed by atoms with Crippen LogP contribution in [0.5, 0.6) is 0 Å². The maximum Gasteiger partial charge on any atom is 0.288 e. The van der Waals surface area contributed by atoms with E-state index < -0.39 is 11.8 Å². The molecule has 0 aliphatic heterocycles. The molecule has 12 heteroatoms. The number of carbonyl (C=O) groups is 2. The van der Waals surface area contributed by atoms with E-state index in [1.807, 2.05) is 0 Å². The van der Waals surface area contributed by atoms with Crippen molar-refractivity contribution in [3.8, 4) is 0 Å². The minimum atomic E-state index is -0.477. The van der Waals surface area contributed by atoms with E-state index in [-0.39, 0.29) is 43.0 Å². The second kappa shape index (κ2) is 8.15. The van der Waals surface area contributed by atoms with Crippen molar-refractivity contribution in [1.82, 2.24) is 24.6 Å². The van der Waals surface area contributed by atoms with E-state index in [1.54, 1.807) is 17.8 Å². The molecule has 0 bridgehead atoms. The van der Waals surface area contributed by atoms with E-state index in [9.17, 15) is 9.59 Å². The van der Waals surface area contributed by atoms with Gasteiger partial charge in [0.2, 0.25) is 11.8 Å². The first-order valence-corrected chi connectivity index (χ1v) is 7.03. The first kappa shape index (κ1) is 20.0. The minimum absolute atomic E-state index is 0. The summed E-state index contributed by atoms with van der Waals surface area (Å²) < 4.78 is 2.82. The predicted molar refractivity (Wildman–Crippen MR) is 94.9 cm³/mol. The highest BCUT2D eigenvalue weighted by Gasteiger charge is 2.18. The molecule has 0 fully saturated rings. The number of carbonyl (C=O) groups excluding carboxylic acids is 2. The Labute approximate surface area is 149 Å². The number of hydrogen-bond acceptors (Lipinski definition) is 6. The third-order valence-electron chi connectivity index (χ3n) is 3.13. The molecule has 0 spiro atoms. The average Bonchev–Trinajstić information content (AvgIpc) is 3.00. The Balaban J connectivity index is 0.00000312. The smallest absolute Gasteiger partial charge is 0.288 e. The quantitative estimate of drug-likeness (QED) is 0.338. The summed E-state index contributed by atoms with van der Waals surface area (Å²) in [6, 6.07) is 1.52. The summed E-state index contributed by atoms with van der Waals surface area (Å²) in [5.74, 6) is -0.916. The predicted octanol–water partition coefficient (Wildman–Crippen LogP) is -0.534. The number of amidine groups is 1. The number of rotatable bonds is 6. The maximum atomic E-state index is 12.2. The molecule has 0 saturated carbocycles. The van der Waals surface area contributed by atoms with Crippen LogP contribution in [0.3, 0.4) is 0 Å². The van der Waals surface area contributed by atoms with Gasteiger partial charge in [-0.05, 0) is 6.07 Å². The van der Waals surface area contributed by atoms with Crippen LogP contribution in [0.4, 0.5) is 11.6 Å². The number of aromatic nitrogens is 4. The lowest BCUT2D eigenvalue weighted by atomic mass is 10.4. The normalized spacial score (nSPS) is 10.0. The molecule has 2 rings (SSSR count). The molecule has 136 valence electrons. The Hall–Kier alpha value is -3.08. The number of nitrogens with two attached hydrogens (primary N) is 2. The molecule has 0 saturated heterocycles. The van der Waals surface area contributed by atoms with Gasteiger partial charge in [0.05, 0.1) is 11.5 Å². The number of amides is 2. The number of aryl methyl sites for hydroxylation is 2. The summed E-state index contributed by atoms with van der Waals surface area (Å²) in [6.45, 7) is 0.214. The van der Waals surface area contributed by atoms with Gasteiger partial charge in [0, 0.05) is 33.3 Å². The third-order valence-corrected chi connectivity index (χ3v) is 3.13. The number of nitrogens with zero attached hydrogens (tertiary/aromatic N) is 4. The van der Waals surface area contributed by atoms with Crippen LogP contribution >= 0.6 is 12.4 Å². The largest absolute Gasteiger partial charge is 0.397 e. The lowest BCUT2D eigenvalue weighted by molar-refractivity contribution is 0.0939. The van der Waals surface area contributed by atoms with Crippen molar-refractivity contribution in [3.63, 3.8) is 0 Å². The molecule has 0 aliphatic carbocycles. The van der Waals surface area contributed by atoms with E-state index >= 15 is 0 Å². The highest BCUT2D eigenvalue weighted by atomic mass is 35.5. The molecule has 0 radical (unpaired) electrons. The van der Waals surface area contributed by atoms with Crippen molar-refractivity contribution in [1.29, 1.82) is 5.41 Å². The first-order chi connectivity index (χ1) is 11.3. The third kappa shape index (κ3) is 4.94. The van der Waals surface area contributed by atoms with Crippen LogP contribution in [0, 0.1) is 5.41 Å². The highest BCUT2D eigenvalue weighted by Crippen LogP contribution is 2.11. The van der Waals surface area contributed by atoms with Gasteiger partial charge in [-0.15, -0.1) is 17.5 Å². The van der Waals surface area contributed by atoms with Crippen LogP contribution in [0.1, 0.15) is 27.5 Å². The topological polar surface area (TPSA) is 170 Å². The lowest BCUT2D eigenvalue weighted by Crippen LogP contribution is -2.29. The molecule has 2 heterocycles.